The van der Waals surface area contributed by atoms with E-state index in [-0.39, 0.29) is 25.0 Å². The van der Waals surface area contributed by atoms with E-state index in [9.17, 15) is 14.4 Å². The van der Waals surface area contributed by atoms with Crippen LogP contribution in [0.2, 0.25) is 0 Å². The Hall–Kier alpha value is -2.41. The molecular weight excluding hydrogens is 276 g/mol. The van der Waals surface area contributed by atoms with Gasteiger partial charge in [-0.05, 0) is 30.7 Å². The summed E-state index contributed by atoms with van der Waals surface area (Å²) in [6.07, 6.45) is 0.364. The van der Waals surface area contributed by atoms with Gasteiger partial charge in [-0.25, -0.2) is 0 Å². The van der Waals surface area contributed by atoms with Crippen molar-refractivity contribution < 1.29 is 24.6 Å². The van der Waals surface area contributed by atoms with Crippen molar-refractivity contribution in [2.75, 3.05) is 18.5 Å². The van der Waals surface area contributed by atoms with Crippen molar-refractivity contribution in [1.82, 2.24) is 5.32 Å². The lowest BCUT2D eigenvalue weighted by atomic mass is 10.2. The third-order valence-corrected chi connectivity index (χ3v) is 3.26. The van der Waals surface area contributed by atoms with Gasteiger partial charge in [-0.3, -0.25) is 14.4 Å². The molecule has 2 unspecified atom stereocenters. The Morgan fingerprint density at radius 3 is 2.33 bits per heavy atom. The molecule has 1 aromatic carbocycles. The van der Waals surface area contributed by atoms with E-state index in [1.54, 1.807) is 24.3 Å². The number of carbonyl (C=O) groups excluding carboxylic acids is 2. The van der Waals surface area contributed by atoms with Crippen LogP contribution in [-0.2, 0) is 9.59 Å². The SMILES string of the molecule is O=C(NCCO)c1ccc(NC(=O)C2CC2C(=O)O)cc1. The van der Waals surface area contributed by atoms with E-state index < -0.39 is 17.8 Å². The number of aliphatic carboxylic acids is 1. The number of nitrogens with one attached hydrogen (secondary N) is 2. The van der Waals surface area contributed by atoms with Gasteiger partial charge in [-0.15, -0.1) is 0 Å². The molecule has 0 aromatic heterocycles. The Morgan fingerprint density at radius 2 is 1.81 bits per heavy atom. The Morgan fingerprint density at radius 1 is 1.14 bits per heavy atom. The summed E-state index contributed by atoms with van der Waals surface area (Å²) < 4.78 is 0. The van der Waals surface area contributed by atoms with Crippen LogP contribution in [0.15, 0.2) is 24.3 Å². The summed E-state index contributed by atoms with van der Waals surface area (Å²) in [5.41, 5.74) is 0.922. The van der Waals surface area contributed by atoms with Gasteiger partial charge in [0.1, 0.15) is 0 Å². The molecular formula is C14H16N2O5. The molecule has 2 atom stereocenters. The zero-order valence-corrected chi connectivity index (χ0v) is 11.2. The Labute approximate surface area is 121 Å². The van der Waals surface area contributed by atoms with Gasteiger partial charge >= 0.3 is 5.97 Å². The van der Waals surface area contributed by atoms with Crippen molar-refractivity contribution in [2.24, 2.45) is 11.8 Å². The molecule has 7 heteroatoms. The summed E-state index contributed by atoms with van der Waals surface area (Å²) in [5, 5.41) is 22.5. The first-order chi connectivity index (χ1) is 10.0. The van der Waals surface area contributed by atoms with Crippen LogP contribution in [0.3, 0.4) is 0 Å². The maximum Gasteiger partial charge on any atom is 0.307 e. The Balaban J connectivity index is 1.89. The Kier molecular flexibility index (Phi) is 4.54. The minimum atomic E-state index is -0.953. The van der Waals surface area contributed by atoms with Crippen LogP contribution in [0.4, 0.5) is 5.69 Å². The summed E-state index contributed by atoms with van der Waals surface area (Å²) in [7, 11) is 0. The fourth-order valence-electron chi connectivity index (χ4n) is 1.97. The molecule has 0 radical (unpaired) electrons. The minimum Gasteiger partial charge on any atom is -0.481 e. The average Bonchev–Trinajstić information content (AvgIpc) is 3.26. The topological polar surface area (TPSA) is 116 Å². The molecule has 21 heavy (non-hydrogen) atoms. The number of aliphatic hydroxyl groups is 1. The van der Waals surface area contributed by atoms with Crippen molar-refractivity contribution in [1.29, 1.82) is 0 Å². The normalized spacial score (nSPS) is 19.7. The molecule has 0 spiro atoms. The molecule has 1 fully saturated rings. The van der Waals surface area contributed by atoms with Gasteiger partial charge < -0.3 is 20.8 Å². The third-order valence-electron chi connectivity index (χ3n) is 3.26. The molecule has 0 heterocycles. The van der Waals surface area contributed by atoms with Crippen molar-refractivity contribution >= 4 is 23.5 Å². The first-order valence-electron chi connectivity index (χ1n) is 6.55. The van der Waals surface area contributed by atoms with Gasteiger partial charge in [-0.2, -0.15) is 0 Å². The minimum absolute atomic E-state index is 0.133. The first-order valence-corrected chi connectivity index (χ1v) is 6.55. The number of anilines is 1. The quantitative estimate of drug-likeness (QED) is 0.592. The highest BCUT2D eigenvalue weighted by atomic mass is 16.4. The fourth-order valence-corrected chi connectivity index (χ4v) is 1.97. The molecule has 0 bridgehead atoms. The van der Waals surface area contributed by atoms with Gasteiger partial charge in [0.15, 0.2) is 0 Å². The van der Waals surface area contributed by atoms with E-state index in [0.29, 0.717) is 17.7 Å². The average molecular weight is 292 g/mol. The zero-order valence-electron chi connectivity index (χ0n) is 11.2. The molecule has 2 amide bonds. The van der Waals surface area contributed by atoms with Gasteiger partial charge in [0.2, 0.25) is 5.91 Å². The monoisotopic (exact) mass is 292 g/mol. The van der Waals surface area contributed by atoms with E-state index in [1.165, 1.54) is 0 Å². The first kappa shape index (κ1) is 15.0. The lowest BCUT2D eigenvalue weighted by molar-refractivity contribution is -0.139. The number of carbonyl (C=O) groups is 3. The summed E-state index contributed by atoms with van der Waals surface area (Å²) in [6.45, 7) is 0.0432. The molecule has 0 saturated heterocycles. The summed E-state index contributed by atoms with van der Waals surface area (Å²) >= 11 is 0. The number of carboxylic acid groups (broad SMARTS) is 1. The van der Waals surface area contributed by atoms with E-state index in [1.807, 2.05) is 0 Å². The molecule has 112 valence electrons. The van der Waals surface area contributed by atoms with Crippen molar-refractivity contribution in [3.63, 3.8) is 0 Å². The van der Waals surface area contributed by atoms with E-state index in [2.05, 4.69) is 10.6 Å². The van der Waals surface area contributed by atoms with Gasteiger partial charge in [-0.1, -0.05) is 0 Å². The highest BCUT2D eigenvalue weighted by molar-refractivity contribution is 5.99. The van der Waals surface area contributed by atoms with Crippen LogP contribution >= 0.6 is 0 Å². The summed E-state index contributed by atoms with van der Waals surface area (Å²) in [6, 6.07) is 6.24. The zero-order chi connectivity index (χ0) is 15.4. The predicted octanol–water partition coefficient (Wildman–Crippen LogP) is 0.0679. The lowest BCUT2D eigenvalue weighted by Crippen LogP contribution is -2.26. The molecule has 4 N–H and O–H groups in total. The number of rotatable bonds is 6. The van der Waals surface area contributed by atoms with Crippen LogP contribution in [0.25, 0.3) is 0 Å². The third kappa shape index (κ3) is 3.79. The number of amides is 2. The number of hydrogen-bond donors (Lipinski definition) is 4. The van der Waals surface area contributed by atoms with Crippen molar-refractivity contribution in [3.8, 4) is 0 Å². The second-order valence-electron chi connectivity index (χ2n) is 4.83. The standard InChI is InChI=1S/C14H16N2O5/c17-6-5-15-12(18)8-1-3-9(4-2-8)16-13(19)10-7-11(10)14(20)21/h1-4,10-11,17H,5-7H2,(H,15,18)(H,16,19)(H,20,21). The van der Waals surface area contributed by atoms with Crippen LogP contribution in [0, 0.1) is 11.8 Å². The van der Waals surface area contributed by atoms with Crippen LogP contribution < -0.4 is 10.6 Å². The van der Waals surface area contributed by atoms with Gasteiger partial charge in [0.25, 0.3) is 5.91 Å². The number of benzene rings is 1. The fraction of sp³-hybridized carbons (Fsp3) is 0.357. The number of hydrogen-bond acceptors (Lipinski definition) is 4. The van der Waals surface area contributed by atoms with Crippen LogP contribution in [-0.4, -0.2) is 41.1 Å². The molecule has 1 aliphatic carbocycles. The van der Waals surface area contributed by atoms with Crippen LogP contribution in [0.1, 0.15) is 16.8 Å². The second kappa shape index (κ2) is 6.36. The van der Waals surface area contributed by atoms with E-state index in [4.69, 9.17) is 10.2 Å². The van der Waals surface area contributed by atoms with Crippen molar-refractivity contribution in [2.45, 2.75) is 6.42 Å². The largest absolute Gasteiger partial charge is 0.481 e. The second-order valence-corrected chi connectivity index (χ2v) is 4.83. The number of carboxylic acids is 1. The molecule has 1 aromatic rings. The maximum absolute atomic E-state index is 11.8. The van der Waals surface area contributed by atoms with E-state index in [0.717, 1.165) is 0 Å². The highest BCUT2D eigenvalue weighted by Crippen LogP contribution is 2.39. The molecule has 7 nitrogen and oxygen atoms in total. The molecule has 1 aliphatic rings. The lowest BCUT2D eigenvalue weighted by Gasteiger charge is -2.06. The molecule has 1 saturated carbocycles. The summed E-state index contributed by atoms with van der Waals surface area (Å²) in [4.78, 5) is 34.1. The summed E-state index contributed by atoms with van der Waals surface area (Å²) in [5.74, 6) is -2.65. The maximum atomic E-state index is 11.8. The number of aliphatic hydroxyl groups excluding tert-OH is 1. The van der Waals surface area contributed by atoms with Crippen LogP contribution in [0.5, 0.6) is 0 Å². The van der Waals surface area contributed by atoms with Gasteiger partial charge in [0, 0.05) is 17.8 Å². The molecule has 2 rings (SSSR count). The smallest absolute Gasteiger partial charge is 0.307 e. The van der Waals surface area contributed by atoms with Gasteiger partial charge in [0.05, 0.1) is 18.4 Å². The van der Waals surface area contributed by atoms with Crippen molar-refractivity contribution in [3.05, 3.63) is 29.8 Å². The predicted molar refractivity (Wildman–Crippen MR) is 73.7 cm³/mol. The Bertz CT molecular complexity index is 555. The molecule has 0 aliphatic heterocycles. The highest BCUT2D eigenvalue weighted by Gasteiger charge is 2.48. The van der Waals surface area contributed by atoms with E-state index >= 15 is 0 Å².